The summed E-state index contributed by atoms with van der Waals surface area (Å²) in [6, 6.07) is 8.76. The van der Waals surface area contributed by atoms with E-state index in [4.69, 9.17) is 20.2 Å². The summed E-state index contributed by atoms with van der Waals surface area (Å²) in [4.78, 5) is 4.80. The molecule has 0 atom stereocenters. The molecule has 2 heterocycles. The minimum absolute atomic E-state index is 0.122. The Labute approximate surface area is 230 Å². The van der Waals surface area contributed by atoms with Gasteiger partial charge in [0.1, 0.15) is 11.6 Å². The van der Waals surface area contributed by atoms with Gasteiger partial charge in [-0.25, -0.2) is 4.99 Å². The highest BCUT2D eigenvalue weighted by atomic mass is 16.5. The zero-order valence-corrected chi connectivity index (χ0v) is 24.8. The second-order valence-corrected chi connectivity index (χ2v) is 12.0. The van der Waals surface area contributed by atoms with Gasteiger partial charge in [0.25, 0.3) is 0 Å². The average Bonchev–Trinajstić information content (AvgIpc) is 3.26. The fraction of sp³-hybridized carbons (Fsp3) is 0.594. The van der Waals surface area contributed by atoms with Crippen molar-refractivity contribution in [1.29, 1.82) is 0 Å². The summed E-state index contributed by atoms with van der Waals surface area (Å²) in [5.41, 5.74) is 8.66. The molecule has 38 heavy (non-hydrogen) atoms. The summed E-state index contributed by atoms with van der Waals surface area (Å²) < 4.78 is 14.3. The molecule has 0 radical (unpaired) electrons. The van der Waals surface area contributed by atoms with E-state index in [2.05, 4.69) is 88.0 Å². The van der Waals surface area contributed by atoms with E-state index in [9.17, 15) is 0 Å². The van der Waals surface area contributed by atoms with E-state index < -0.39 is 0 Å². The van der Waals surface area contributed by atoms with Crippen LogP contribution in [0.4, 0.5) is 0 Å². The first-order chi connectivity index (χ1) is 18.1. The monoisotopic (exact) mass is 522 g/mol. The van der Waals surface area contributed by atoms with Gasteiger partial charge in [0.2, 0.25) is 0 Å². The normalized spacial score (nSPS) is 18.0. The molecule has 3 N–H and O–H groups in total. The van der Waals surface area contributed by atoms with Gasteiger partial charge in [0.15, 0.2) is 5.82 Å². The molecular weight excluding hydrogens is 472 g/mol. The van der Waals surface area contributed by atoms with Crippen molar-refractivity contribution >= 4 is 17.7 Å². The Kier molecular flexibility index (Phi) is 10.5. The fourth-order valence-electron chi connectivity index (χ4n) is 4.64. The molecule has 1 aromatic carbocycles. The maximum Gasteiger partial charge on any atom is 0.152 e. The molecule has 0 spiro atoms. The van der Waals surface area contributed by atoms with Crippen LogP contribution >= 0.6 is 0 Å². The maximum atomic E-state index is 6.25. The van der Waals surface area contributed by atoms with Crippen molar-refractivity contribution in [1.82, 2.24) is 9.88 Å². The van der Waals surface area contributed by atoms with Crippen molar-refractivity contribution in [3.63, 3.8) is 0 Å². The third kappa shape index (κ3) is 7.89. The van der Waals surface area contributed by atoms with E-state index in [-0.39, 0.29) is 10.8 Å². The second-order valence-electron chi connectivity index (χ2n) is 12.0. The number of aliphatic imine (C=N–C) groups is 1. The average molecular weight is 523 g/mol. The summed E-state index contributed by atoms with van der Waals surface area (Å²) in [6.45, 7) is 16.4. The van der Waals surface area contributed by atoms with Gasteiger partial charge in [-0.05, 0) is 47.6 Å². The van der Waals surface area contributed by atoms with E-state index in [1.165, 1.54) is 23.6 Å². The minimum Gasteiger partial charge on any atom is -0.496 e. The standard InChI is InChI=1S/C32H50N4O2/c1-8-10-11-18-34-30-29-24(13-12-14-28(33)35-30)17-19-36(29)21-25-15-16-26(20-27(25)37-7)32(5,6)23-38-22-31(3,4)9-2/h13,15-17,19-20,34H,8-12,14,18,21-23H2,1-7H3,(H2,33,35)/b24-13-,30-29+. The fourth-order valence-corrected chi connectivity index (χ4v) is 4.64. The number of aromatic nitrogens is 1. The van der Waals surface area contributed by atoms with E-state index in [0.717, 1.165) is 61.3 Å². The van der Waals surface area contributed by atoms with Crippen molar-refractivity contribution in [2.24, 2.45) is 16.1 Å². The van der Waals surface area contributed by atoms with E-state index >= 15 is 0 Å². The third-order valence-electron chi connectivity index (χ3n) is 7.63. The van der Waals surface area contributed by atoms with Crippen LogP contribution in [0.3, 0.4) is 0 Å². The molecule has 0 saturated carbocycles. The number of hydrogen-bond acceptors (Lipinski definition) is 5. The molecule has 6 heteroatoms. The molecule has 1 aliphatic heterocycles. The number of nitrogens with zero attached hydrogens (tertiary/aromatic N) is 2. The number of amidine groups is 1. The maximum absolute atomic E-state index is 6.25. The van der Waals surface area contributed by atoms with Crippen molar-refractivity contribution in [3.8, 4) is 5.75 Å². The Morgan fingerprint density at radius 1 is 1.08 bits per heavy atom. The molecule has 1 aromatic heterocycles. The molecule has 0 fully saturated rings. The largest absolute Gasteiger partial charge is 0.496 e. The van der Waals surface area contributed by atoms with Crippen LogP contribution in [0, 0.1) is 5.41 Å². The second kappa shape index (κ2) is 13.4. The molecule has 210 valence electrons. The Bertz CT molecular complexity index is 1210. The first kappa shape index (κ1) is 29.8. The lowest BCUT2D eigenvalue weighted by molar-refractivity contribution is 0.0354. The molecule has 0 amide bonds. The number of rotatable bonds is 14. The molecule has 0 bridgehead atoms. The molecular formula is C32H50N4O2. The number of fused-ring (bicyclic) bond motifs is 1. The molecule has 2 aromatic rings. The number of methoxy groups -OCH3 is 1. The molecule has 6 nitrogen and oxygen atoms in total. The zero-order chi connectivity index (χ0) is 27.8. The minimum atomic E-state index is -0.122. The molecule has 3 rings (SSSR count). The van der Waals surface area contributed by atoms with Crippen molar-refractivity contribution in [2.45, 2.75) is 92.0 Å². The van der Waals surface area contributed by atoms with Gasteiger partial charge < -0.3 is 25.1 Å². The summed E-state index contributed by atoms with van der Waals surface area (Å²) in [7, 11) is 1.75. The Morgan fingerprint density at radius 2 is 1.87 bits per heavy atom. The Morgan fingerprint density at radius 3 is 2.58 bits per heavy atom. The van der Waals surface area contributed by atoms with Crippen molar-refractivity contribution in [3.05, 3.63) is 52.2 Å². The number of nitrogens with one attached hydrogen (secondary N) is 1. The third-order valence-corrected chi connectivity index (χ3v) is 7.63. The topological polar surface area (TPSA) is 73.8 Å². The van der Waals surface area contributed by atoms with Gasteiger partial charge in [-0.3, -0.25) is 0 Å². The first-order valence-electron chi connectivity index (χ1n) is 14.3. The van der Waals surface area contributed by atoms with Gasteiger partial charge in [-0.15, -0.1) is 0 Å². The number of unbranched alkanes of at least 4 members (excludes halogenated alkanes) is 2. The van der Waals surface area contributed by atoms with Crippen LogP contribution in [0.25, 0.3) is 11.9 Å². The Balaban J connectivity index is 1.90. The van der Waals surface area contributed by atoms with Gasteiger partial charge in [0, 0.05) is 30.1 Å². The first-order valence-corrected chi connectivity index (χ1v) is 14.3. The van der Waals surface area contributed by atoms with Crippen LogP contribution in [0.15, 0.2) is 35.5 Å². The molecule has 0 unspecified atom stereocenters. The Hall–Kier alpha value is -2.73. The van der Waals surface area contributed by atoms with Crippen molar-refractivity contribution in [2.75, 3.05) is 26.9 Å². The molecule has 0 aliphatic carbocycles. The summed E-state index contributed by atoms with van der Waals surface area (Å²) in [6.07, 6.45) is 10.7. The van der Waals surface area contributed by atoms with Gasteiger partial charge in [-0.2, -0.15) is 0 Å². The van der Waals surface area contributed by atoms with E-state index in [0.29, 0.717) is 19.0 Å². The lowest BCUT2D eigenvalue weighted by Gasteiger charge is -2.29. The molecule has 0 saturated heterocycles. The summed E-state index contributed by atoms with van der Waals surface area (Å²) in [5, 5.41) is 5.86. The number of hydrogen-bond donors (Lipinski definition) is 2. The summed E-state index contributed by atoms with van der Waals surface area (Å²) in [5.74, 6) is 2.42. The van der Waals surface area contributed by atoms with Crippen LogP contribution in [0.5, 0.6) is 5.75 Å². The van der Waals surface area contributed by atoms with E-state index in [1.807, 2.05) is 0 Å². The van der Waals surface area contributed by atoms with Gasteiger partial charge >= 0.3 is 0 Å². The van der Waals surface area contributed by atoms with Gasteiger partial charge in [0.05, 0.1) is 32.2 Å². The van der Waals surface area contributed by atoms with E-state index in [1.54, 1.807) is 7.11 Å². The lowest BCUT2D eigenvalue weighted by atomic mass is 9.84. The lowest BCUT2D eigenvalue weighted by Crippen LogP contribution is -2.37. The highest BCUT2D eigenvalue weighted by Gasteiger charge is 2.24. The van der Waals surface area contributed by atoms with Crippen LogP contribution in [-0.2, 0) is 16.7 Å². The van der Waals surface area contributed by atoms with Crippen LogP contribution in [0.1, 0.15) is 91.2 Å². The van der Waals surface area contributed by atoms with Gasteiger partial charge in [-0.1, -0.05) is 72.6 Å². The predicted molar refractivity (Wildman–Crippen MR) is 160 cm³/mol. The number of nitrogens with two attached hydrogens (primary N) is 1. The van der Waals surface area contributed by atoms with Crippen LogP contribution in [0.2, 0.25) is 0 Å². The number of benzene rings is 1. The zero-order valence-electron chi connectivity index (χ0n) is 24.8. The van der Waals surface area contributed by atoms with Crippen LogP contribution in [-0.4, -0.2) is 37.3 Å². The van der Waals surface area contributed by atoms with Crippen LogP contribution < -0.4 is 26.4 Å². The molecule has 1 aliphatic rings. The summed E-state index contributed by atoms with van der Waals surface area (Å²) >= 11 is 0. The highest BCUT2D eigenvalue weighted by molar-refractivity contribution is 5.84. The number of ether oxygens (including phenoxy) is 2. The SMILES string of the molecule is CCCCCNC1=c2/c(ccn2Cc2ccc(C(C)(C)COCC(C)(C)CC)cc2OC)=C\CC/C(N)=N\1. The highest BCUT2D eigenvalue weighted by Crippen LogP contribution is 2.30. The predicted octanol–water partition coefficient (Wildman–Crippen LogP) is 5.05. The quantitative estimate of drug-likeness (QED) is 0.341. The smallest absolute Gasteiger partial charge is 0.152 e. The van der Waals surface area contributed by atoms with Crippen molar-refractivity contribution < 1.29 is 9.47 Å².